The van der Waals surface area contributed by atoms with E-state index in [0.29, 0.717) is 17.3 Å². The predicted octanol–water partition coefficient (Wildman–Crippen LogP) is 4.90. The molecule has 2 aromatic rings. The summed E-state index contributed by atoms with van der Waals surface area (Å²) in [6.07, 6.45) is 7.80. The van der Waals surface area contributed by atoms with E-state index < -0.39 is 9.84 Å². The topological polar surface area (TPSA) is 79.4 Å². The van der Waals surface area contributed by atoms with Gasteiger partial charge in [-0.2, -0.15) is 0 Å². The molecule has 6 nitrogen and oxygen atoms in total. The Balaban J connectivity index is 1.38. The number of nitrogens with one attached hydrogen (secondary N) is 1. The number of benzene rings is 1. The molecule has 1 saturated carbocycles. The van der Waals surface area contributed by atoms with Crippen LogP contribution >= 0.6 is 0 Å². The Morgan fingerprint density at radius 1 is 1.12 bits per heavy atom. The van der Waals surface area contributed by atoms with Gasteiger partial charge in [0.05, 0.1) is 22.9 Å². The molecule has 0 unspecified atom stereocenters. The van der Waals surface area contributed by atoms with Crippen LogP contribution in [-0.2, 0) is 22.9 Å². The Hall–Kier alpha value is -2.25. The number of sulfone groups is 1. The number of pyridine rings is 1. The molecule has 1 aliphatic heterocycles. The second-order valence-corrected chi connectivity index (χ2v) is 12.2. The van der Waals surface area contributed by atoms with Crippen molar-refractivity contribution in [2.24, 2.45) is 11.8 Å². The molecule has 184 valence electrons. The molecule has 4 rings (SSSR count). The minimum absolute atomic E-state index is 0.0409. The number of hydrogen-bond donors (Lipinski definition) is 1. The highest BCUT2D eigenvalue weighted by Gasteiger charge is 2.31. The number of hydrogen-bond acceptors (Lipinski definition) is 5. The van der Waals surface area contributed by atoms with Crippen molar-refractivity contribution in [3.63, 3.8) is 0 Å². The molecule has 1 aromatic carbocycles. The van der Waals surface area contributed by atoms with Crippen molar-refractivity contribution in [1.82, 2.24) is 15.2 Å². The number of nitrogens with zero attached hydrogens (tertiary/aromatic N) is 2. The second-order valence-electron chi connectivity index (χ2n) is 9.96. The standard InChI is InChI=1S/C27H37N3O3S/c1-4-26-25-13-10-21(14-22(25)18-30(26)17-20-8-6-19(3)7-9-20)27(31)29-15-23-11-12-24(16-28-23)34(32,33)5-2/h10-14,16,19-20,26H,4-9,15,17-18H2,1-3H3,(H,29,31)/t19?,20?,26-/m1/s1. The molecule has 2 heterocycles. The third-order valence-corrected chi connectivity index (χ3v) is 9.28. The number of amides is 1. The Morgan fingerprint density at radius 3 is 2.53 bits per heavy atom. The quantitative estimate of drug-likeness (QED) is 0.578. The van der Waals surface area contributed by atoms with E-state index in [0.717, 1.165) is 31.3 Å². The molecule has 1 fully saturated rings. The van der Waals surface area contributed by atoms with E-state index in [9.17, 15) is 13.2 Å². The highest BCUT2D eigenvalue weighted by molar-refractivity contribution is 7.91. The summed E-state index contributed by atoms with van der Waals surface area (Å²) in [5.41, 5.74) is 3.91. The van der Waals surface area contributed by atoms with Crippen LogP contribution in [0.3, 0.4) is 0 Å². The van der Waals surface area contributed by atoms with E-state index >= 15 is 0 Å². The van der Waals surface area contributed by atoms with Gasteiger partial charge in [0, 0.05) is 30.9 Å². The van der Waals surface area contributed by atoms with Crippen LogP contribution in [0.2, 0.25) is 0 Å². The number of fused-ring (bicyclic) bond motifs is 1. The van der Waals surface area contributed by atoms with Gasteiger partial charge in [-0.15, -0.1) is 0 Å². The average molecular weight is 484 g/mol. The first-order chi connectivity index (χ1) is 16.3. The van der Waals surface area contributed by atoms with Crippen molar-refractivity contribution in [2.45, 2.75) is 76.9 Å². The van der Waals surface area contributed by atoms with E-state index in [2.05, 4.69) is 35.1 Å². The minimum Gasteiger partial charge on any atom is -0.346 e. The number of carbonyl (C=O) groups excluding carboxylic acids is 1. The molecular formula is C27H37N3O3S. The summed E-state index contributed by atoms with van der Waals surface area (Å²) in [5.74, 6) is 1.56. The SMILES string of the molecule is CC[C@@H]1c2ccc(C(=O)NCc3ccc(S(=O)(=O)CC)cn3)cc2CN1CC1CCC(C)CC1. The van der Waals surface area contributed by atoms with Gasteiger partial charge in [0.2, 0.25) is 0 Å². The zero-order valence-corrected chi connectivity index (χ0v) is 21.4. The summed E-state index contributed by atoms with van der Waals surface area (Å²) in [7, 11) is -3.27. The van der Waals surface area contributed by atoms with Crippen LogP contribution in [0.15, 0.2) is 41.4 Å². The lowest BCUT2D eigenvalue weighted by Gasteiger charge is -2.32. The molecule has 7 heteroatoms. The number of rotatable bonds is 8. The molecule has 34 heavy (non-hydrogen) atoms. The van der Waals surface area contributed by atoms with Gasteiger partial charge in [-0.3, -0.25) is 14.7 Å². The van der Waals surface area contributed by atoms with Crippen LogP contribution in [0.1, 0.15) is 86.1 Å². The Labute approximate surface area is 204 Å². The fraction of sp³-hybridized carbons (Fsp3) is 0.556. The Morgan fingerprint density at radius 2 is 1.88 bits per heavy atom. The van der Waals surface area contributed by atoms with Crippen LogP contribution < -0.4 is 5.32 Å². The first-order valence-corrected chi connectivity index (χ1v) is 14.3. The maximum Gasteiger partial charge on any atom is 0.251 e. The molecule has 0 radical (unpaired) electrons. The minimum atomic E-state index is -3.27. The summed E-state index contributed by atoms with van der Waals surface area (Å²) in [6, 6.07) is 9.74. The third-order valence-electron chi connectivity index (χ3n) is 7.56. The predicted molar refractivity (Wildman–Crippen MR) is 134 cm³/mol. The Bertz CT molecular complexity index is 1110. The maximum atomic E-state index is 12.8. The lowest BCUT2D eigenvalue weighted by atomic mass is 9.82. The van der Waals surface area contributed by atoms with Gasteiger partial charge in [-0.05, 0) is 66.5 Å². The molecule has 1 amide bonds. The highest BCUT2D eigenvalue weighted by atomic mass is 32.2. The van der Waals surface area contributed by atoms with E-state index in [4.69, 9.17) is 0 Å². The van der Waals surface area contributed by atoms with Crippen molar-refractivity contribution in [3.8, 4) is 0 Å². The van der Waals surface area contributed by atoms with Crippen molar-refractivity contribution in [3.05, 3.63) is 58.9 Å². The maximum absolute atomic E-state index is 12.8. The van der Waals surface area contributed by atoms with Gasteiger partial charge in [0.25, 0.3) is 5.91 Å². The summed E-state index contributed by atoms with van der Waals surface area (Å²) in [5, 5.41) is 2.92. The van der Waals surface area contributed by atoms with Crippen LogP contribution in [0.25, 0.3) is 0 Å². The summed E-state index contributed by atoms with van der Waals surface area (Å²) < 4.78 is 23.9. The molecule has 2 aliphatic rings. The van der Waals surface area contributed by atoms with Gasteiger partial charge < -0.3 is 5.32 Å². The largest absolute Gasteiger partial charge is 0.346 e. The fourth-order valence-corrected chi connectivity index (χ4v) is 6.21. The summed E-state index contributed by atoms with van der Waals surface area (Å²) >= 11 is 0. The second kappa shape index (κ2) is 10.6. The first-order valence-electron chi connectivity index (χ1n) is 12.6. The summed E-state index contributed by atoms with van der Waals surface area (Å²) in [6.45, 7) is 8.54. The van der Waals surface area contributed by atoms with Crippen molar-refractivity contribution < 1.29 is 13.2 Å². The van der Waals surface area contributed by atoms with Gasteiger partial charge in [-0.1, -0.05) is 39.7 Å². The van der Waals surface area contributed by atoms with Crippen molar-refractivity contribution >= 4 is 15.7 Å². The van der Waals surface area contributed by atoms with Crippen molar-refractivity contribution in [2.75, 3.05) is 12.3 Å². The molecule has 1 aromatic heterocycles. The van der Waals surface area contributed by atoms with E-state index in [1.54, 1.807) is 19.1 Å². The average Bonchev–Trinajstić information content (AvgIpc) is 3.20. The zero-order valence-electron chi connectivity index (χ0n) is 20.6. The molecular weight excluding hydrogens is 446 g/mol. The Kier molecular flexibility index (Phi) is 7.73. The van der Waals surface area contributed by atoms with Gasteiger partial charge in [0.15, 0.2) is 9.84 Å². The first kappa shape index (κ1) is 24.9. The molecule has 1 aliphatic carbocycles. The monoisotopic (exact) mass is 483 g/mol. The van der Waals surface area contributed by atoms with Crippen molar-refractivity contribution in [1.29, 1.82) is 0 Å². The lowest BCUT2D eigenvalue weighted by molar-refractivity contribution is 0.0950. The molecule has 1 N–H and O–H groups in total. The smallest absolute Gasteiger partial charge is 0.251 e. The molecule has 0 spiro atoms. The normalized spacial score (nSPS) is 23.0. The fourth-order valence-electron chi connectivity index (χ4n) is 5.39. The van der Waals surface area contributed by atoms with E-state index in [1.807, 2.05) is 12.1 Å². The van der Waals surface area contributed by atoms with Crippen LogP contribution in [0.4, 0.5) is 0 Å². The van der Waals surface area contributed by atoms with Gasteiger partial charge in [-0.25, -0.2) is 8.42 Å². The van der Waals surface area contributed by atoms with Crippen LogP contribution in [0.5, 0.6) is 0 Å². The lowest BCUT2D eigenvalue weighted by Crippen LogP contribution is -2.30. The summed E-state index contributed by atoms with van der Waals surface area (Å²) in [4.78, 5) is 19.9. The van der Waals surface area contributed by atoms with Crippen LogP contribution in [0, 0.1) is 11.8 Å². The van der Waals surface area contributed by atoms with Crippen LogP contribution in [-0.4, -0.2) is 36.5 Å². The van der Waals surface area contributed by atoms with E-state index in [-0.39, 0.29) is 23.1 Å². The third kappa shape index (κ3) is 5.52. The number of carbonyl (C=O) groups is 1. The van der Waals surface area contributed by atoms with E-state index in [1.165, 1.54) is 43.0 Å². The number of aromatic nitrogens is 1. The molecule has 0 saturated heterocycles. The van der Waals surface area contributed by atoms with Gasteiger partial charge in [0.1, 0.15) is 0 Å². The molecule has 0 bridgehead atoms. The zero-order chi connectivity index (χ0) is 24.3. The van der Waals surface area contributed by atoms with Gasteiger partial charge >= 0.3 is 0 Å². The highest BCUT2D eigenvalue weighted by Crippen LogP contribution is 2.39. The molecule has 1 atom stereocenters.